The van der Waals surface area contributed by atoms with Crippen molar-refractivity contribution in [1.29, 1.82) is 0 Å². The number of carbonyl (C=O) groups is 1. The first-order valence-corrected chi connectivity index (χ1v) is 5.48. The zero-order chi connectivity index (χ0) is 11.5. The van der Waals surface area contributed by atoms with E-state index in [9.17, 15) is 4.79 Å². The summed E-state index contributed by atoms with van der Waals surface area (Å²) in [6.45, 7) is 0.181. The Labute approximate surface area is 96.6 Å². The molecular formula is C11H11NO3S. The first-order chi connectivity index (χ1) is 7.72. The van der Waals surface area contributed by atoms with Crippen molar-refractivity contribution in [3.05, 3.63) is 29.1 Å². The second kappa shape index (κ2) is 4.51. The average molecular weight is 237 g/mol. The number of rotatable bonds is 4. The van der Waals surface area contributed by atoms with Gasteiger partial charge in [-0.2, -0.15) is 0 Å². The van der Waals surface area contributed by atoms with Gasteiger partial charge < -0.3 is 15.2 Å². The third-order valence-electron chi connectivity index (χ3n) is 2.10. The SMILES string of the molecule is COCOc1cccc2sc(C(N)=O)cc12. The van der Waals surface area contributed by atoms with Crippen LogP contribution < -0.4 is 10.5 Å². The molecule has 84 valence electrons. The van der Waals surface area contributed by atoms with Crippen molar-refractivity contribution >= 4 is 27.3 Å². The zero-order valence-corrected chi connectivity index (χ0v) is 9.54. The predicted octanol–water partition coefficient (Wildman–Crippen LogP) is 1.98. The maximum atomic E-state index is 11.1. The Morgan fingerprint density at radius 3 is 3.00 bits per heavy atom. The molecule has 2 N–H and O–H groups in total. The van der Waals surface area contributed by atoms with Crippen molar-refractivity contribution in [2.24, 2.45) is 5.73 Å². The van der Waals surface area contributed by atoms with Crippen LogP contribution in [-0.4, -0.2) is 19.8 Å². The van der Waals surface area contributed by atoms with E-state index in [1.54, 1.807) is 13.2 Å². The Kier molecular flexibility index (Phi) is 3.07. The highest BCUT2D eigenvalue weighted by Gasteiger charge is 2.10. The lowest BCUT2D eigenvalue weighted by atomic mass is 10.2. The number of nitrogens with two attached hydrogens (primary N) is 1. The summed E-state index contributed by atoms with van der Waals surface area (Å²) in [5.74, 6) is 0.280. The summed E-state index contributed by atoms with van der Waals surface area (Å²) in [6.07, 6.45) is 0. The van der Waals surface area contributed by atoms with Crippen LogP contribution in [0.4, 0.5) is 0 Å². The Hall–Kier alpha value is -1.59. The molecule has 16 heavy (non-hydrogen) atoms. The summed E-state index contributed by atoms with van der Waals surface area (Å²) in [7, 11) is 1.56. The fourth-order valence-electron chi connectivity index (χ4n) is 1.40. The van der Waals surface area contributed by atoms with Gasteiger partial charge in [0, 0.05) is 17.2 Å². The molecule has 1 heterocycles. The smallest absolute Gasteiger partial charge is 0.258 e. The van der Waals surface area contributed by atoms with E-state index in [1.165, 1.54) is 11.3 Å². The van der Waals surface area contributed by atoms with Crippen molar-refractivity contribution in [3.63, 3.8) is 0 Å². The molecule has 2 rings (SSSR count). The molecular weight excluding hydrogens is 226 g/mol. The molecule has 5 heteroatoms. The van der Waals surface area contributed by atoms with Gasteiger partial charge in [-0.15, -0.1) is 11.3 Å². The minimum atomic E-state index is -0.418. The Morgan fingerprint density at radius 1 is 1.50 bits per heavy atom. The highest BCUT2D eigenvalue weighted by Crippen LogP contribution is 2.32. The van der Waals surface area contributed by atoms with Crippen LogP contribution in [0.1, 0.15) is 9.67 Å². The van der Waals surface area contributed by atoms with Crippen LogP contribution in [0.2, 0.25) is 0 Å². The second-order valence-electron chi connectivity index (χ2n) is 3.19. The van der Waals surface area contributed by atoms with E-state index in [4.69, 9.17) is 15.2 Å². The fourth-order valence-corrected chi connectivity index (χ4v) is 2.33. The summed E-state index contributed by atoms with van der Waals surface area (Å²) in [5, 5.41) is 0.887. The average Bonchev–Trinajstić information content (AvgIpc) is 2.70. The molecule has 0 radical (unpaired) electrons. The van der Waals surface area contributed by atoms with Crippen molar-refractivity contribution in [2.75, 3.05) is 13.9 Å². The lowest BCUT2D eigenvalue weighted by molar-refractivity contribution is 0.0522. The van der Waals surface area contributed by atoms with Crippen LogP contribution in [-0.2, 0) is 4.74 Å². The lowest BCUT2D eigenvalue weighted by Gasteiger charge is -2.04. The molecule has 2 aromatic rings. The molecule has 1 aromatic heterocycles. The lowest BCUT2D eigenvalue weighted by Crippen LogP contribution is -2.08. The van der Waals surface area contributed by atoms with E-state index in [0.717, 1.165) is 10.1 Å². The Bertz CT molecular complexity index is 521. The summed E-state index contributed by atoms with van der Waals surface area (Å²) in [6, 6.07) is 7.37. The number of primary amides is 1. The predicted molar refractivity (Wildman–Crippen MR) is 62.8 cm³/mol. The van der Waals surface area contributed by atoms with E-state index >= 15 is 0 Å². The summed E-state index contributed by atoms with van der Waals surface area (Å²) in [5.41, 5.74) is 5.23. The second-order valence-corrected chi connectivity index (χ2v) is 4.28. The summed E-state index contributed by atoms with van der Waals surface area (Å²) in [4.78, 5) is 11.6. The monoisotopic (exact) mass is 237 g/mol. The summed E-state index contributed by atoms with van der Waals surface area (Å²) >= 11 is 1.36. The van der Waals surface area contributed by atoms with E-state index in [0.29, 0.717) is 10.6 Å². The fraction of sp³-hybridized carbons (Fsp3) is 0.182. The normalized spacial score (nSPS) is 10.6. The first kappa shape index (κ1) is 10.9. The van der Waals surface area contributed by atoms with Gasteiger partial charge in [0.05, 0.1) is 4.88 Å². The van der Waals surface area contributed by atoms with Gasteiger partial charge in [-0.3, -0.25) is 4.79 Å². The number of ether oxygens (including phenoxy) is 2. The van der Waals surface area contributed by atoms with Crippen LogP contribution in [0.15, 0.2) is 24.3 Å². The summed E-state index contributed by atoms with van der Waals surface area (Å²) < 4.78 is 11.2. The molecule has 1 amide bonds. The van der Waals surface area contributed by atoms with E-state index in [2.05, 4.69) is 0 Å². The van der Waals surface area contributed by atoms with E-state index in [-0.39, 0.29) is 6.79 Å². The van der Waals surface area contributed by atoms with Crippen molar-refractivity contribution in [2.45, 2.75) is 0 Å². The van der Waals surface area contributed by atoms with Crippen LogP contribution in [0.25, 0.3) is 10.1 Å². The number of thiophene rings is 1. The Morgan fingerprint density at radius 2 is 2.31 bits per heavy atom. The van der Waals surface area contributed by atoms with Gasteiger partial charge in [0.1, 0.15) is 5.75 Å². The minimum Gasteiger partial charge on any atom is -0.467 e. The van der Waals surface area contributed by atoms with Crippen molar-refractivity contribution < 1.29 is 14.3 Å². The van der Waals surface area contributed by atoms with Crippen LogP contribution >= 0.6 is 11.3 Å². The van der Waals surface area contributed by atoms with Gasteiger partial charge in [0.15, 0.2) is 6.79 Å². The molecule has 0 bridgehead atoms. The molecule has 4 nitrogen and oxygen atoms in total. The highest BCUT2D eigenvalue weighted by molar-refractivity contribution is 7.20. The molecule has 0 fully saturated rings. The number of methoxy groups -OCH3 is 1. The number of fused-ring (bicyclic) bond motifs is 1. The van der Waals surface area contributed by atoms with Crippen LogP contribution in [0.3, 0.4) is 0 Å². The number of amides is 1. The van der Waals surface area contributed by atoms with Crippen molar-refractivity contribution in [3.8, 4) is 5.75 Å². The molecule has 1 aromatic carbocycles. The Balaban J connectivity index is 2.45. The number of benzene rings is 1. The molecule has 0 atom stereocenters. The van der Waals surface area contributed by atoms with Gasteiger partial charge in [-0.25, -0.2) is 0 Å². The van der Waals surface area contributed by atoms with E-state index in [1.807, 2.05) is 18.2 Å². The molecule has 0 aliphatic rings. The van der Waals surface area contributed by atoms with Gasteiger partial charge in [-0.1, -0.05) is 6.07 Å². The number of hydrogen-bond acceptors (Lipinski definition) is 4. The quantitative estimate of drug-likeness (QED) is 0.827. The zero-order valence-electron chi connectivity index (χ0n) is 8.73. The highest BCUT2D eigenvalue weighted by atomic mass is 32.1. The standard InChI is InChI=1S/C11H11NO3S/c1-14-6-15-8-3-2-4-9-7(8)5-10(16-9)11(12)13/h2-5H,6H2,1H3,(H2,12,13). The minimum absolute atomic E-state index is 0.181. The molecule has 0 saturated heterocycles. The molecule has 0 aliphatic carbocycles. The van der Waals surface area contributed by atoms with Gasteiger partial charge >= 0.3 is 0 Å². The van der Waals surface area contributed by atoms with Gasteiger partial charge in [0.25, 0.3) is 5.91 Å². The topological polar surface area (TPSA) is 61.6 Å². The van der Waals surface area contributed by atoms with Crippen LogP contribution in [0, 0.1) is 0 Å². The third kappa shape index (κ3) is 2.00. The van der Waals surface area contributed by atoms with Crippen LogP contribution in [0.5, 0.6) is 5.75 Å². The maximum Gasteiger partial charge on any atom is 0.258 e. The maximum absolute atomic E-state index is 11.1. The molecule has 0 aliphatic heterocycles. The first-order valence-electron chi connectivity index (χ1n) is 4.66. The van der Waals surface area contributed by atoms with Gasteiger partial charge in [0.2, 0.25) is 0 Å². The number of carbonyl (C=O) groups excluding carboxylic acids is 1. The van der Waals surface area contributed by atoms with E-state index < -0.39 is 5.91 Å². The van der Waals surface area contributed by atoms with Crippen molar-refractivity contribution in [1.82, 2.24) is 0 Å². The largest absolute Gasteiger partial charge is 0.467 e. The molecule has 0 unspecified atom stereocenters. The third-order valence-corrected chi connectivity index (χ3v) is 3.21. The molecule has 0 spiro atoms. The number of hydrogen-bond donors (Lipinski definition) is 1. The molecule has 0 saturated carbocycles. The van der Waals surface area contributed by atoms with Gasteiger partial charge in [-0.05, 0) is 18.2 Å².